The van der Waals surface area contributed by atoms with Crippen LogP contribution in [0.4, 0.5) is 0 Å². The Morgan fingerprint density at radius 1 is 1.10 bits per heavy atom. The minimum absolute atomic E-state index is 0.00240. The van der Waals surface area contributed by atoms with Crippen molar-refractivity contribution in [1.82, 2.24) is 10.3 Å². The summed E-state index contributed by atoms with van der Waals surface area (Å²) in [6.45, 7) is 7.93. The predicted octanol–water partition coefficient (Wildman–Crippen LogP) is 5.14. The van der Waals surface area contributed by atoms with Gasteiger partial charge < -0.3 is 15.0 Å². The lowest BCUT2D eigenvalue weighted by molar-refractivity contribution is -0.121. The van der Waals surface area contributed by atoms with Crippen LogP contribution in [0.1, 0.15) is 56.2 Å². The van der Waals surface area contributed by atoms with Crippen LogP contribution in [-0.4, -0.2) is 31.2 Å². The molecule has 0 radical (unpaired) electrons. The van der Waals surface area contributed by atoms with Gasteiger partial charge >= 0.3 is 0 Å². The summed E-state index contributed by atoms with van der Waals surface area (Å²) in [5, 5.41) is 4.21. The first-order chi connectivity index (χ1) is 13.9. The lowest BCUT2D eigenvalue weighted by Gasteiger charge is -2.22. The topological polar surface area (TPSA) is 54.1 Å². The Balaban J connectivity index is 1.88. The highest BCUT2D eigenvalue weighted by atomic mass is 16.5. The molecule has 1 amide bonds. The number of para-hydroxylation sites is 1. The smallest absolute Gasteiger partial charge is 0.220 e. The molecule has 154 valence electrons. The van der Waals surface area contributed by atoms with Gasteiger partial charge in [0.25, 0.3) is 0 Å². The number of amides is 1. The van der Waals surface area contributed by atoms with Crippen LogP contribution in [-0.2, 0) is 14.9 Å². The van der Waals surface area contributed by atoms with Crippen molar-refractivity contribution in [3.05, 3.63) is 71.4 Å². The maximum absolute atomic E-state index is 12.7. The van der Waals surface area contributed by atoms with Crippen molar-refractivity contribution in [3.63, 3.8) is 0 Å². The highest BCUT2D eigenvalue weighted by molar-refractivity contribution is 5.86. The van der Waals surface area contributed by atoms with Gasteiger partial charge in [0, 0.05) is 49.7 Å². The molecule has 1 heterocycles. The number of carbonyl (C=O) groups is 1. The summed E-state index contributed by atoms with van der Waals surface area (Å²) in [6, 6.07) is 17.0. The first kappa shape index (κ1) is 21.1. The first-order valence-electron chi connectivity index (χ1n) is 10.3. The number of nitrogens with one attached hydrogen (secondary N) is 2. The number of hydrogen-bond acceptors (Lipinski definition) is 2. The molecule has 4 heteroatoms. The number of carbonyl (C=O) groups excluding carboxylic acids is 1. The molecule has 1 aromatic heterocycles. The molecule has 0 bridgehead atoms. The van der Waals surface area contributed by atoms with Gasteiger partial charge in [-0.1, -0.05) is 63.2 Å². The second-order valence-corrected chi connectivity index (χ2v) is 8.61. The third-order valence-corrected chi connectivity index (χ3v) is 5.41. The molecule has 0 aliphatic rings. The van der Waals surface area contributed by atoms with E-state index in [1.165, 1.54) is 10.9 Å². The van der Waals surface area contributed by atoms with Gasteiger partial charge in [-0.05, 0) is 34.6 Å². The average Bonchev–Trinajstić information content (AvgIpc) is 3.13. The molecular weight excluding hydrogens is 360 g/mol. The Hall–Kier alpha value is -2.59. The zero-order valence-electron chi connectivity index (χ0n) is 17.9. The second kappa shape index (κ2) is 9.27. The lowest BCUT2D eigenvalue weighted by Crippen LogP contribution is -2.27. The van der Waals surface area contributed by atoms with E-state index in [0.717, 1.165) is 23.1 Å². The standard InChI is InChI=1S/C25H32N2O2/c1-25(2,3)19-12-10-18(11-13-19)21(16-24(28)26-14-7-15-29-4)22-17-27-23-9-6-5-8-20(22)23/h5-6,8-13,17,21,27H,7,14-16H2,1-4H3,(H,26,28)/t21-/m1/s1. The van der Waals surface area contributed by atoms with E-state index in [4.69, 9.17) is 4.74 Å². The number of ether oxygens (including phenoxy) is 1. The molecule has 0 aliphatic carbocycles. The first-order valence-corrected chi connectivity index (χ1v) is 10.3. The van der Waals surface area contributed by atoms with E-state index in [-0.39, 0.29) is 17.2 Å². The van der Waals surface area contributed by atoms with Crippen LogP contribution in [0, 0.1) is 0 Å². The largest absolute Gasteiger partial charge is 0.385 e. The fourth-order valence-corrected chi connectivity index (χ4v) is 3.71. The van der Waals surface area contributed by atoms with E-state index in [2.05, 4.69) is 67.5 Å². The SMILES string of the molecule is COCCCNC(=O)C[C@H](c1ccc(C(C)(C)C)cc1)c1c[nH]c2ccccc12. The number of hydrogen-bond donors (Lipinski definition) is 2. The summed E-state index contributed by atoms with van der Waals surface area (Å²) in [5.74, 6) is 0.0684. The molecule has 0 saturated heterocycles. The number of rotatable bonds is 8. The average molecular weight is 393 g/mol. The minimum Gasteiger partial charge on any atom is -0.385 e. The highest BCUT2D eigenvalue weighted by Gasteiger charge is 2.22. The van der Waals surface area contributed by atoms with Gasteiger partial charge in [-0.2, -0.15) is 0 Å². The van der Waals surface area contributed by atoms with Crippen LogP contribution in [0.2, 0.25) is 0 Å². The van der Waals surface area contributed by atoms with E-state index < -0.39 is 0 Å². The van der Waals surface area contributed by atoms with E-state index in [1.807, 2.05) is 18.3 Å². The zero-order chi connectivity index (χ0) is 20.9. The van der Waals surface area contributed by atoms with Gasteiger partial charge in [0.05, 0.1) is 0 Å². The molecule has 2 N–H and O–H groups in total. The fourth-order valence-electron chi connectivity index (χ4n) is 3.71. The summed E-state index contributed by atoms with van der Waals surface area (Å²) < 4.78 is 5.06. The summed E-state index contributed by atoms with van der Waals surface area (Å²) in [5.41, 5.74) is 4.82. The molecule has 3 rings (SSSR count). The maximum Gasteiger partial charge on any atom is 0.220 e. The third kappa shape index (κ3) is 5.27. The lowest BCUT2D eigenvalue weighted by atomic mass is 9.83. The van der Waals surface area contributed by atoms with Crippen molar-refractivity contribution in [1.29, 1.82) is 0 Å². The van der Waals surface area contributed by atoms with Crippen LogP contribution in [0.25, 0.3) is 10.9 Å². The molecule has 3 aromatic rings. The van der Waals surface area contributed by atoms with E-state index in [1.54, 1.807) is 7.11 Å². The van der Waals surface area contributed by atoms with E-state index in [9.17, 15) is 4.79 Å². The zero-order valence-corrected chi connectivity index (χ0v) is 17.9. The molecule has 0 aliphatic heterocycles. The molecule has 2 aromatic carbocycles. The molecule has 0 fully saturated rings. The number of aromatic amines is 1. The third-order valence-electron chi connectivity index (χ3n) is 5.41. The van der Waals surface area contributed by atoms with Crippen molar-refractivity contribution < 1.29 is 9.53 Å². The molecule has 0 unspecified atom stereocenters. The quantitative estimate of drug-likeness (QED) is 0.522. The van der Waals surface area contributed by atoms with E-state index in [0.29, 0.717) is 19.6 Å². The summed E-state index contributed by atoms with van der Waals surface area (Å²) in [6.07, 6.45) is 3.29. The van der Waals surface area contributed by atoms with Crippen molar-refractivity contribution in [2.75, 3.05) is 20.3 Å². The number of benzene rings is 2. The summed E-state index contributed by atoms with van der Waals surface area (Å²) >= 11 is 0. The van der Waals surface area contributed by atoms with Crippen molar-refractivity contribution in [2.24, 2.45) is 0 Å². The van der Waals surface area contributed by atoms with E-state index >= 15 is 0 Å². The Morgan fingerprint density at radius 2 is 1.83 bits per heavy atom. The van der Waals surface area contributed by atoms with Gasteiger partial charge in [0.1, 0.15) is 0 Å². The molecule has 29 heavy (non-hydrogen) atoms. The molecule has 4 nitrogen and oxygen atoms in total. The summed E-state index contributed by atoms with van der Waals surface area (Å²) in [4.78, 5) is 16.0. The van der Waals surface area contributed by atoms with Crippen LogP contribution in [0.3, 0.4) is 0 Å². The van der Waals surface area contributed by atoms with Gasteiger partial charge in [-0.25, -0.2) is 0 Å². The normalized spacial score (nSPS) is 12.8. The van der Waals surface area contributed by atoms with Crippen LogP contribution < -0.4 is 5.32 Å². The van der Waals surface area contributed by atoms with Crippen molar-refractivity contribution >= 4 is 16.8 Å². The van der Waals surface area contributed by atoms with Gasteiger partial charge in [-0.15, -0.1) is 0 Å². The highest BCUT2D eigenvalue weighted by Crippen LogP contribution is 2.34. The molecule has 0 spiro atoms. The van der Waals surface area contributed by atoms with Crippen molar-refractivity contribution in [3.8, 4) is 0 Å². The maximum atomic E-state index is 12.7. The second-order valence-electron chi connectivity index (χ2n) is 8.61. The Morgan fingerprint density at radius 3 is 2.52 bits per heavy atom. The minimum atomic E-state index is 0.00240. The Bertz CT molecular complexity index is 935. The van der Waals surface area contributed by atoms with Crippen molar-refractivity contribution in [2.45, 2.75) is 44.9 Å². The predicted molar refractivity (Wildman–Crippen MR) is 119 cm³/mol. The Labute approximate surface area is 173 Å². The number of fused-ring (bicyclic) bond motifs is 1. The fraction of sp³-hybridized carbons (Fsp3) is 0.400. The van der Waals surface area contributed by atoms with Crippen LogP contribution in [0.15, 0.2) is 54.7 Å². The molecule has 0 saturated carbocycles. The molecule has 1 atom stereocenters. The summed E-state index contributed by atoms with van der Waals surface area (Å²) in [7, 11) is 1.68. The van der Waals surface area contributed by atoms with Crippen LogP contribution >= 0.6 is 0 Å². The Kier molecular flexibility index (Phi) is 6.75. The van der Waals surface area contributed by atoms with Gasteiger partial charge in [0.15, 0.2) is 0 Å². The van der Waals surface area contributed by atoms with Crippen LogP contribution in [0.5, 0.6) is 0 Å². The number of H-pyrrole nitrogens is 1. The molecular formula is C25H32N2O2. The monoisotopic (exact) mass is 392 g/mol. The van der Waals surface area contributed by atoms with Gasteiger partial charge in [0.2, 0.25) is 5.91 Å². The van der Waals surface area contributed by atoms with Gasteiger partial charge in [-0.3, -0.25) is 4.79 Å². The number of methoxy groups -OCH3 is 1. The number of aromatic nitrogens is 1.